The van der Waals surface area contributed by atoms with Crippen molar-refractivity contribution in [1.29, 1.82) is 0 Å². The second-order valence-electron chi connectivity index (χ2n) is 5.91. The van der Waals surface area contributed by atoms with Gasteiger partial charge in [-0.05, 0) is 24.3 Å². The van der Waals surface area contributed by atoms with Crippen molar-refractivity contribution in [2.24, 2.45) is 11.7 Å². The number of carbonyl (C=O) groups is 1. The van der Waals surface area contributed by atoms with Crippen molar-refractivity contribution in [3.05, 3.63) is 35.9 Å². The van der Waals surface area contributed by atoms with Gasteiger partial charge in [0.2, 0.25) is 5.91 Å². The summed E-state index contributed by atoms with van der Waals surface area (Å²) in [5, 5.41) is 2.13. The minimum atomic E-state index is -4.47. The molecule has 0 aliphatic heterocycles. The van der Waals surface area contributed by atoms with Crippen LogP contribution in [-0.4, -0.2) is 24.2 Å². The maximum absolute atomic E-state index is 13.1. The van der Waals surface area contributed by atoms with E-state index in [0.29, 0.717) is 5.56 Å². The molecule has 1 amide bonds. The van der Waals surface area contributed by atoms with Gasteiger partial charge >= 0.3 is 6.18 Å². The molecule has 0 spiro atoms. The summed E-state index contributed by atoms with van der Waals surface area (Å²) in [6.45, 7) is 0. The van der Waals surface area contributed by atoms with Crippen molar-refractivity contribution >= 4 is 5.91 Å². The minimum absolute atomic E-state index is 0.00870. The molecule has 0 bridgehead atoms. The Hall–Kier alpha value is -1.56. The lowest BCUT2D eigenvalue weighted by Crippen LogP contribution is -2.47. The van der Waals surface area contributed by atoms with Crippen molar-refractivity contribution in [3.8, 4) is 0 Å². The predicted molar refractivity (Wildman–Crippen MR) is 78.1 cm³/mol. The van der Waals surface area contributed by atoms with Gasteiger partial charge in [-0.3, -0.25) is 4.79 Å². The lowest BCUT2D eigenvalue weighted by Gasteiger charge is -2.23. The zero-order valence-electron chi connectivity index (χ0n) is 12.3. The number of amides is 1. The number of benzene rings is 1. The van der Waals surface area contributed by atoms with Gasteiger partial charge in [-0.2, -0.15) is 13.2 Å². The third-order valence-corrected chi connectivity index (χ3v) is 4.18. The monoisotopic (exact) mass is 314 g/mol. The molecule has 3 nitrogen and oxygen atoms in total. The third-order valence-electron chi connectivity index (χ3n) is 4.18. The maximum Gasteiger partial charge on any atom is 0.408 e. The van der Waals surface area contributed by atoms with Crippen LogP contribution in [0.1, 0.15) is 31.2 Å². The molecule has 122 valence electrons. The average Bonchev–Trinajstić information content (AvgIpc) is 2.83. The van der Waals surface area contributed by atoms with Gasteiger partial charge in [-0.1, -0.05) is 36.8 Å². The molecule has 3 atom stereocenters. The Morgan fingerprint density at radius 2 is 1.95 bits per heavy atom. The largest absolute Gasteiger partial charge is 0.408 e. The molecule has 1 saturated carbocycles. The van der Waals surface area contributed by atoms with Crippen LogP contribution < -0.4 is 11.1 Å². The van der Waals surface area contributed by atoms with Crippen LogP contribution in [0.5, 0.6) is 0 Å². The molecule has 1 unspecified atom stereocenters. The number of carbonyl (C=O) groups excluding carboxylic acids is 1. The van der Waals surface area contributed by atoms with Crippen molar-refractivity contribution in [2.75, 3.05) is 0 Å². The van der Waals surface area contributed by atoms with Crippen LogP contribution in [0, 0.1) is 5.92 Å². The number of alkyl halides is 3. The number of nitrogens with two attached hydrogens (primary N) is 1. The van der Waals surface area contributed by atoms with E-state index in [4.69, 9.17) is 5.73 Å². The maximum atomic E-state index is 13.1. The summed E-state index contributed by atoms with van der Waals surface area (Å²) in [5.74, 6) is -0.578. The Labute approximate surface area is 128 Å². The lowest BCUT2D eigenvalue weighted by atomic mass is 9.99. The number of nitrogens with one attached hydrogen (secondary N) is 1. The van der Waals surface area contributed by atoms with Gasteiger partial charge < -0.3 is 11.1 Å². The molecule has 0 aromatic heterocycles. The van der Waals surface area contributed by atoms with Crippen molar-refractivity contribution in [2.45, 2.75) is 50.4 Å². The molecular weight excluding hydrogens is 293 g/mol. The molecule has 0 saturated heterocycles. The summed E-state index contributed by atoms with van der Waals surface area (Å²) < 4.78 is 39.4. The van der Waals surface area contributed by atoms with Crippen LogP contribution in [0.2, 0.25) is 0 Å². The van der Waals surface area contributed by atoms with Crippen molar-refractivity contribution < 1.29 is 18.0 Å². The minimum Gasteiger partial charge on any atom is -0.344 e. The topological polar surface area (TPSA) is 55.1 Å². The third kappa shape index (κ3) is 4.73. The lowest BCUT2D eigenvalue weighted by molar-refractivity contribution is -0.161. The second kappa shape index (κ2) is 7.13. The SMILES string of the molecule is N[C@@H]1CCC[C@H]1CC(=O)NC(Cc1ccccc1)C(F)(F)F. The molecule has 2 rings (SSSR count). The first kappa shape index (κ1) is 16.8. The fourth-order valence-corrected chi connectivity index (χ4v) is 2.91. The highest BCUT2D eigenvalue weighted by Gasteiger charge is 2.41. The van der Waals surface area contributed by atoms with E-state index in [0.717, 1.165) is 19.3 Å². The molecule has 1 aliphatic carbocycles. The summed E-state index contributed by atoms with van der Waals surface area (Å²) in [6.07, 6.45) is -2.07. The van der Waals surface area contributed by atoms with Gasteiger partial charge in [-0.25, -0.2) is 0 Å². The standard InChI is InChI=1S/C16H21F3N2O/c17-16(18,19)14(9-11-5-2-1-3-6-11)21-15(22)10-12-7-4-8-13(12)20/h1-3,5-6,12-14H,4,7-10,20H2,(H,21,22)/t12-,13+,14?/m0/s1. The second-order valence-corrected chi connectivity index (χ2v) is 5.91. The molecule has 1 aliphatic rings. The van der Waals surface area contributed by atoms with Crippen molar-refractivity contribution in [1.82, 2.24) is 5.32 Å². The normalized spacial score (nSPS) is 23.3. The van der Waals surface area contributed by atoms with Crippen LogP contribution in [0.4, 0.5) is 13.2 Å². The van der Waals surface area contributed by atoms with Gasteiger partial charge in [0.15, 0.2) is 0 Å². The predicted octanol–water partition coefficient (Wildman–Crippen LogP) is 2.79. The summed E-state index contributed by atoms with van der Waals surface area (Å²) in [7, 11) is 0. The highest BCUT2D eigenvalue weighted by Crippen LogP contribution is 2.28. The molecule has 3 N–H and O–H groups in total. The van der Waals surface area contributed by atoms with Crippen LogP contribution in [-0.2, 0) is 11.2 Å². The first-order valence-electron chi connectivity index (χ1n) is 7.52. The van der Waals surface area contributed by atoms with E-state index >= 15 is 0 Å². The Morgan fingerprint density at radius 3 is 2.50 bits per heavy atom. The van der Waals surface area contributed by atoms with Gasteiger partial charge in [0.25, 0.3) is 0 Å². The Balaban J connectivity index is 1.96. The van der Waals surface area contributed by atoms with E-state index in [1.54, 1.807) is 30.3 Å². The van der Waals surface area contributed by atoms with Gasteiger partial charge in [0, 0.05) is 18.9 Å². The molecule has 0 heterocycles. The molecule has 6 heteroatoms. The first-order chi connectivity index (χ1) is 10.4. The highest BCUT2D eigenvalue weighted by molar-refractivity contribution is 5.76. The number of rotatable bonds is 5. The molecule has 0 radical (unpaired) electrons. The quantitative estimate of drug-likeness (QED) is 0.878. The number of hydrogen-bond acceptors (Lipinski definition) is 2. The molecule has 22 heavy (non-hydrogen) atoms. The summed E-state index contributed by atoms with van der Waals surface area (Å²) in [4.78, 5) is 11.9. The Morgan fingerprint density at radius 1 is 1.27 bits per heavy atom. The van der Waals surface area contributed by atoms with Crippen LogP contribution in [0.3, 0.4) is 0 Å². The van der Waals surface area contributed by atoms with E-state index in [-0.39, 0.29) is 24.8 Å². The first-order valence-corrected chi connectivity index (χ1v) is 7.52. The zero-order chi connectivity index (χ0) is 16.2. The van der Waals surface area contributed by atoms with Gasteiger partial charge in [0.1, 0.15) is 6.04 Å². The Kier molecular flexibility index (Phi) is 5.45. The van der Waals surface area contributed by atoms with Crippen LogP contribution in [0.15, 0.2) is 30.3 Å². The zero-order valence-corrected chi connectivity index (χ0v) is 12.3. The van der Waals surface area contributed by atoms with E-state index in [2.05, 4.69) is 5.32 Å². The van der Waals surface area contributed by atoms with Gasteiger partial charge in [0.05, 0.1) is 0 Å². The average molecular weight is 314 g/mol. The van der Waals surface area contributed by atoms with Crippen molar-refractivity contribution in [3.63, 3.8) is 0 Å². The highest BCUT2D eigenvalue weighted by atomic mass is 19.4. The Bertz CT molecular complexity index is 490. The fourth-order valence-electron chi connectivity index (χ4n) is 2.91. The summed E-state index contributed by atoms with van der Waals surface area (Å²) in [6, 6.07) is 6.41. The van der Waals surface area contributed by atoms with E-state index in [1.165, 1.54) is 0 Å². The summed E-state index contributed by atoms with van der Waals surface area (Å²) in [5.41, 5.74) is 6.41. The summed E-state index contributed by atoms with van der Waals surface area (Å²) >= 11 is 0. The molecule has 1 aromatic rings. The van der Waals surface area contributed by atoms with E-state index < -0.39 is 18.1 Å². The van der Waals surface area contributed by atoms with Crippen LogP contribution in [0.25, 0.3) is 0 Å². The number of hydrogen-bond donors (Lipinski definition) is 2. The van der Waals surface area contributed by atoms with Gasteiger partial charge in [-0.15, -0.1) is 0 Å². The molecular formula is C16H21F3N2O. The molecule has 1 aromatic carbocycles. The van der Waals surface area contributed by atoms with E-state index in [9.17, 15) is 18.0 Å². The molecule has 1 fully saturated rings. The van der Waals surface area contributed by atoms with E-state index in [1.807, 2.05) is 0 Å². The number of halogens is 3. The van der Waals surface area contributed by atoms with Crippen LogP contribution >= 0.6 is 0 Å². The smallest absolute Gasteiger partial charge is 0.344 e. The fraction of sp³-hybridized carbons (Fsp3) is 0.562.